The molecule has 0 saturated heterocycles. The highest BCUT2D eigenvalue weighted by Gasteiger charge is 2.44. The van der Waals surface area contributed by atoms with E-state index in [0.717, 1.165) is 12.7 Å². The summed E-state index contributed by atoms with van der Waals surface area (Å²) >= 11 is 0. The molecule has 1 fully saturated rings. The minimum Gasteiger partial charge on any atom is -0.356 e. The minimum atomic E-state index is -3.14. The van der Waals surface area contributed by atoms with Gasteiger partial charge in [0.05, 0.1) is 6.26 Å². The van der Waals surface area contributed by atoms with E-state index in [1.807, 2.05) is 12.1 Å². The first-order valence-corrected chi connectivity index (χ1v) is 9.05. The second kappa shape index (κ2) is 6.58. The van der Waals surface area contributed by atoms with Gasteiger partial charge in [0.15, 0.2) is 0 Å². The summed E-state index contributed by atoms with van der Waals surface area (Å²) in [5.41, 5.74) is 2.49. The van der Waals surface area contributed by atoms with E-state index in [2.05, 4.69) is 29.1 Å². The summed E-state index contributed by atoms with van der Waals surface area (Å²) in [6.07, 6.45) is 2.63. The Kier molecular flexibility index (Phi) is 5.00. The van der Waals surface area contributed by atoms with Gasteiger partial charge in [-0.05, 0) is 36.8 Å². The Morgan fingerprint density at radius 2 is 2.00 bits per heavy atom. The van der Waals surface area contributed by atoms with Gasteiger partial charge in [-0.3, -0.25) is 4.79 Å². The van der Waals surface area contributed by atoms with Crippen LogP contribution in [0.2, 0.25) is 0 Å². The molecule has 1 amide bonds. The third kappa shape index (κ3) is 4.82. The minimum absolute atomic E-state index is 0.0639. The summed E-state index contributed by atoms with van der Waals surface area (Å²) in [5, 5.41) is 2.88. The van der Waals surface area contributed by atoms with E-state index < -0.39 is 10.0 Å². The van der Waals surface area contributed by atoms with Crippen molar-refractivity contribution in [1.29, 1.82) is 0 Å². The van der Waals surface area contributed by atoms with Crippen LogP contribution in [0.25, 0.3) is 0 Å². The molecule has 2 N–H and O–H groups in total. The number of carbonyl (C=O) groups is 1. The first-order valence-electron chi connectivity index (χ1n) is 7.16. The fourth-order valence-corrected chi connectivity index (χ4v) is 3.04. The van der Waals surface area contributed by atoms with Gasteiger partial charge in [-0.1, -0.05) is 24.3 Å². The van der Waals surface area contributed by atoms with Crippen molar-refractivity contribution in [2.24, 2.45) is 5.92 Å². The first kappa shape index (κ1) is 16.0. The highest BCUT2D eigenvalue weighted by atomic mass is 32.2. The third-order valence-corrected chi connectivity index (χ3v) is 4.46. The predicted octanol–water partition coefficient (Wildman–Crippen LogP) is 1.15. The summed E-state index contributed by atoms with van der Waals surface area (Å²) in [6, 6.07) is 8.17. The molecule has 1 aliphatic rings. The number of nitrogens with one attached hydrogen (secondary N) is 2. The van der Waals surface area contributed by atoms with Crippen molar-refractivity contribution in [2.45, 2.75) is 25.7 Å². The standard InChI is InChI=1S/C15H22N2O3S/c1-11-6-3-4-7-12(11)13-10-14(13)15(18)16-8-5-9-17-21(2,19)20/h3-4,6-7,13-14,17H,5,8-10H2,1-2H3,(H,16,18). The van der Waals surface area contributed by atoms with E-state index in [9.17, 15) is 13.2 Å². The molecule has 0 bridgehead atoms. The van der Waals surface area contributed by atoms with E-state index in [1.165, 1.54) is 11.1 Å². The van der Waals surface area contributed by atoms with E-state index in [1.54, 1.807) is 0 Å². The summed E-state index contributed by atoms with van der Waals surface area (Å²) in [4.78, 5) is 12.0. The molecular weight excluding hydrogens is 288 g/mol. The normalized spacial score (nSPS) is 21.0. The lowest BCUT2D eigenvalue weighted by atomic mass is 10.0. The Balaban J connectivity index is 1.71. The molecule has 1 aliphatic carbocycles. The molecule has 21 heavy (non-hydrogen) atoms. The lowest BCUT2D eigenvalue weighted by Crippen LogP contribution is -2.30. The van der Waals surface area contributed by atoms with Crippen LogP contribution in [0.15, 0.2) is 24.3 Å². The molecule has 116 valence electrons. The third-order valence-electron chi connectivity index (χ3n) is 3.73. The predicted molar refractivity (Wildman–Crippen MR) is 82.5 cm³/mol. The van der Waals surface area contributed by atoms with Crippen LogP contribution in [0, 0.1) is 12.8 Å². The molecule has 0 radical (unpaired) electrons. The van der Waals surface area contributed by atoms with Crippen molar-refractivity contribution in [3.05, 3.63) is 35.4 Å². The van der Waals surface area contributed by atoms with Gasteiger partial charge >= 0.3 is 0 Å². The number of benzene rings is 1. The van der Waals surface area contributed by atoms with Crippen molar-refractivity contribution < 1.29 is 13.2 Å². The summed E-state index contributed by atoms with van der Waals surface area (Å²) < 4.78 is 24.2. The SMILES string of the molecule is Cc1ccccc1C1CC1C(=O)NCCCNS(C)(=O)=O. The van der Waals surface area contributed by atoms with Crippen molar-refractivity contribution in [3.63, 3.8) is 0 Å². The highest BCUT2D eigenvalue weighted by Crippen LogP contribution is 2.48. The van der Waals surface area contributed by atoms with Crippen molar-refractivity contribution in [2.75, 3.05) is 19.3 Å². The van der Waals surface area contributed by atoms with Crippen molar-refractivity contribution in [1.82, 2.24) is 10.0 Å². The molecule has 2 rings (SSSR count). The van der Waals surface area contributed by atoms with E-state index in [-0.39, 0.29) is 11.8 Å². The van der Waals surface area contributed by atoms with Gasteiger partial charge in [0.1, 0.15) is 0 Å². The maximum absolute atomic E-state index is 12.0. The van der Waals surface area contributed by atoms with Gasteiger partial charge in [-0.25, -0.2) is 13.1 Å². The van der Waals surface area contributed by atoms with E-state index in [4.69, 9.17) is 0 Å². The fraction of sp³-hybridized carbons (Fsp3) is 0.533. The van der Waals surface area contributed by atoms with Crippen LogP contribution in [0.3, 0.4) is 0 Å². The Hall–Kier alpha value is -1.40. The maximum atomic E-state index is 12.0. The molecule has 0 spiro atoms. The number of aryl methyl sites for hydroxylation is 1. The second-order valence-corrected chi connectivity index (χ2v) is 7.45. The van der Waals surface area contributed by atoms with Crippen LogP contribution in [0.1, 0.15) is 29.9 Å². The van der Waals surface area contributed by atoms with E-state index >= 15 is 0 Å². The molecule has 1 saturated carbocycles. The molecule has 0 heterocycles. The number of hydrogen-bond donors (Lipinski definition) is 2. The van der Waals surface area contributed by atoms with Crippen molar-refractivity contribution >= 4 is 15.9 Å². The Labute approximate surface area is 126 Å². The molecule has 0 aromatic heterocycles. The summed E-state index contributed by atoms with van der Waals surface area (Å²) in [5.74, 6) is 0.469. The zero-order valence-electron chi connectivity index (χ0n) is 12.4. The monoisotopic (exact) mass is 310 g/mol. The topological polar surface area (TPSA) is 75.3 Å². The molecule has 6 heteroatoms. The van der Waals surface area contributed by atoms with E-state index in [0.29, 0.717) is 25.4 Å². The Morgan fingerprint density at radius 3 is 2.67 bits per heavy atom. The average molecular weight is 310 g/mol. The highest BCUT2D eigenvalue weighted by molar-refractivity contribution is 7.88. The molecule has 2 unspecified atom stereocenters. The number of hydrogen-bond acceptors (Lipinski definition) is 3. The van der Waals surface area contributed by atoms with Gasteiger partial charge in [0.2, 0.25) is 15.9 Å². The first-order chi connectivity index (χ1) is 9.88. The smallest absolute Gasteiger partial charge is 0.223 e. The van der Waals surface area contributed by atoms with Crippen LogP contribution in [-0.4, -0.2) is 33.7 Å². The molecule has 5 nitrogen and oxygen atoms in total. The van der Waals surface area contributed by atoms with Crippen LogP contribution in [-0.2, 0) is 14.8 Å². The van der Waals surface area contributed by atoms with Crippen LogP contribution < -0.4 is 10.0 Å². The van der Waals surface area contributed by atoms with Gasteiger partial charge in [0, 0.05) is 19.0 Å². The lowest BCUT2D eigenvalue weighted by Gasteiger charge is -2.07. The Morgan fingerprint density at radius 1 is 1.29 bits per heavy atom. The number of carbonyl (C=O) groups excluding carboxylic acids is 1. The van der Waals surface area contributed by atoms with Crippen molar-refractivity contribution in [3.8, 4) is 0 Å². The van der Waals surface area contributed by atoms with Gasteiger partial charge in [-0.15, -0.1) is 0 Å². The number of amides is 1. The summed E-state index contributed by atoms with van der Waals surface area (Å²) in [6.45, 7) is 2.92. The van der Waals surface area contributed by atoms with Gasteiger partial charge in [-0.2, -0.15) is 0 Å². The largest absolute Gasteiger partial charge is 0.356 e. The quantitative estimate of drug-likeness (QED) is 0.742. The molecule has 0 aliphatic heterocycles. The number of rotatable bonds is 7. The number of sulfonamides is 1. The fourth-order valence-electron chi connectivity index (χ4n) is 2.52. The molecule has 1 aromatic carbocycles. The van der Waals surface area contributed by atoms with Gasteiger partial charge < -0.3 is 5.32 Å². The summed E-state index contributed by atoms with van der Waals surface area (Å²) in [7, 11) is -3.14. The van der Waals surface area contributed by atoms with Crippen LogP contribution in [0.5, 0.6) is 0 Å². The van der Waals surface area contributed by atoms with Gasteiger partial charge in [0.25, 0.3) is 0 Å². The Bertz CT molecular complexity index is 613. The average Bonchev–Trinajstić information content (AvgIpc) is 3.17. The molecule has 1 aromatic rings. The van der Waals surface area contributed by atoms with Crippen LogP contribution >= 0.6 is 0 Å². The zero-order valence-corrected chi connectivity index (χ0v) is 13.2. The maximum Gasteiger partial charge on any atom is 0.223 e. The second-order valence-electron chi connectivity index (χ2n) is 5.62. The molecule has 2 atom stereocenters. The lowest BCUT2D eigenvalue weighted by molar-refractivity contribution is -0.122. The van der Waals surface area contributed by atoms with Crippen LogP contribution in [0.4, 0.5) is 0 Å². The molecular formula is C15H22N2O3S. The zero-order chi connectivity index (χ0) is 15.5.